The van der Waals surface area contributed by atoms with Gasteiger partial charge in [0.15, 0.2) is 0 Å². The second-order valence-electron chi connectivity index (χ2n) is 9.54. The molecule has 0 amide bonds. The highest BCUT2D eigenvalue weighted by atomic mass is 16.5. The first-order chi connectivity index (χ1) is 17.0. The molecule has 0 unspecified atom stereocenters. The first kappa shape index (κ1) is 21.7. The molecule has 7 nitrogen and oxygen atoms in total. The lowest BCUT2D eigenvalue weighted by atomic mass is 9.83. The van der Waals surface area contributed by atoms with Gasteiger partial charge in [-0.05, 0) is 48.2 Å². The molecule has 0 radical (unpaired) electrons. The molecule has 0 saturated carbocycles. The van der Waals surface area contributed by atoms with Gasteiger partial charge >= 0.3 is 0 Å². The van der Waals surface area contributed by atoms with Crippen molar-refractivity contribution in [2.24, 2.45) is 5.92 Å². The van der Waals surface area contributed by atoms with E-state index in [0.29, 0.717) is 46.9 Å². The summed E-state index contributed by atoms with van der Waals surface area (Å²) < 4.78 is 13.1. The summed E-state index contributed by atoms with van der Waals surface area (Å²) in [7, 11) is 1.60. The molecule has 1 fully saturated rings. The number of aromatic hydroxyl groups is 1. The van der Waals surface area contributed by atoms with E-state index in [1.807, 2.05) is 28.8 Å². The molecule has 6 rings (SSSR count). The van der Waals surface area contributed by atoms with E-state index in [0.717, 1.165) is 30.8 Å². The number of fused-ring (bicyclic) bond motifs is 5. The van der Waals surface area contributed by atoms with Gasteiger partial charge in [0, 0.05) is 43.9 Å². The van der Waals surface area contributed by atoms with Crippen molar-refractivity contribution in [1.29, 1.82) is 0 Å². The highest BCUT2D eigenvalue weighted by molar-refractivity contribution is 5.85. The van der Waals surface area contributed by atoms with Crippen LogP contribution in [0.4, 0.5) is 0 Å². The molecule has 4 aromatic rings. The predicted molar refractivity (Wildman–Crippen MR) is 133 cm³/mol. The summed E-state index contributed by atoms with van der Waals surface area (Å²) in [5.41, 5.74) is 3.25. The van der Waals surface area contributed by atoms with Crippen LogP contribution in [0, 0.1) is 5.92 Å². The number of hydrogen-bond donors (Lipinski definition) is 1. The zero-order valence-corrected chi connectivity index (χ0v) is 19.4. The minimum atomic E-state index is -0.138. The van der Waals surface area contributed by atoms with Crippen LogP contribution in [0.15, 0.2) is 74.9 Å². The Kier molecular flexibility index (Phi) is 5.22. The second kappa shape index (κ2) is 8.43. The van der Waals surface area contributed by atoms with Crippen molar-refractivity contribution >= 4 is 11.0 Å². The fourth-order valence-electron chi connectivity index (χ4n) is 5.72. The van der Waals surface area contributed by atoms with Crippen molar-refractivity contribution in [3.63, 3.8) is 0 Å². The number of hydrogen-bond acceptors (Lipinski definition) is 6. The monoisotopic (exact) mass is 470 g/mol. The molecule has 7 heteroatoms. The molecule has 2 atom stereocenters. The molecule has 2 aliphatic rings. The number of benzene rings is 2. The first-order valence-corrected chi connectivity index (χ1v) is 11.8. The Balaban J connectivity index is 1.34. The Morgan fingerprint density at radius 2 is 1.86 bits per heavy atom. The zero-order valence-electron chi connectivity index (χ0n) is 19.4. The minimum Gasteiger partial charge on any atom is -0.507 e. The van der Waals surface area contributed by atoms with Crippen LogP contribution >= 0.6 is 0 Å². The molecular weight excluding hydrogens is 444 g/mol. The number of nitrogens with zero attached hydrogens (tertiary/aromatic N) is 2. The van der Waals surface area contributed by atoms with E-state index in [2.05, 4.69) is 4.90 Å². The Bertz CT molecular complexity index is 1540. The van der Waals surface area contributed by atoms with Gasteiger partial charge in [-0.25, -0.2) is 0 Å². The van der Waals surface area contributed by atoms with E-state index in [4.69, 9.17) is 9.15 Å². The Hall–Kier alpha value is -3.84. The topological polar surface area (TPSA) is 84.9 Å². The normalized spacial score (nSPS) is 19.5. The lowest BCUT2D eigenvalue weighted by molar-refractivity contribution is 0.113. The van der Waals surface area contributed by atoms with Gasteiger partial charge in [0.25, 0.3) is 5.56 Å². The highest BCUT2D eigenvalue weighted by Gasteiger charge is 2.35. The summed E-state index contributed by atoms with van der Waals surface area (Å²) in [5, 5.41) is 11.2. The molecule has 2 aliphatic heterocycles. The van der Waals surface area contributed by atoms with E-state index in [1.165, 1.54) is 6.26 Å². The molecule has 0 spiro atoms. The Morgan fingerprint density at radius 1 is 1.03 bits per heavy atom. The number of ether oxygens (including phenoxy) is 1. The van der Waals surface area contributed by atoms with Crippen LogP contribution in [0.25, 0.3) is 22.1 Å². The summed E-state index contributed by atoms with van der Waals surface area (Å²) in [6.07, 6.45) is 2.53. The van der Waals surface area contributed by atoms with Crippen molar-refractivity contribution < 1.29 is 14.3 Å². The third-order valence-electron chi connectivity index (χ3n) is 7.36. The number of likely N-dealkylation sites (tertiary alicyclic amines) is 1. The van der Waals surface area contributed by atoms with Crippen molar-refractivity contribution in [1.82, 2.24) is 9.47 Å². The summed E-state index contributed by atoms with van der Waals surface area (Å²) in [4.78, 5) is 28.0. The van der Waals surface area contributed by atoms with Crippen LogP contribution in [0.2, 0.25) is 0 Å². The average molecular weight is 471 g/mol. The van der Waals surface area contributed by atoms with Crippen LogP contribution in [-0.4, -0.2) is 34.8 Å². The van der Waals surface area contributed by atoms with E-state index in [-0.39, 0.29) is 22.7 Å². The summed E-state index contributed by atoms with van der Waals surface area (Å²) in [6.45, 7) is 2.78. The standard InChI is InChI=1S/C28H26N2O5/c1-34-20-7-5-18(6-8-20)23-16-35-28-21(27(23)33)9-10-25(31)22(28)15-29-12-17-11-19(14-29)24-3-2-4-26(32)30(24)13-17/h2-10,16-17,19,31H,11-15H2,1H3/t17-,19-/m1/s1. The van der Waals surface area contributed by atoms with E-state index in [9.17, 15) is 14.7 Å². The average Bonchev–Trinajstić information content (AvgIpc) is 2.87. The lowest BCUT2D eigenvalue weighted by Crippen LogP contribution is -2.46. The first-order valence-electron chi connectivity index (χ1n) is 11.8. The number of phenolic OH excluding ortho intramolecular Hbond substituents is 1. The van der Waals surface area contributed by atoms with Gasteiger partial charge in [0.05, 0.1) is 23.6 Å². The number of pyridine rings is 1. The van der Waals surface area contributed by atoms with Gasteiger partial charge in [-0.2, -0.15) is 0 Å². The number of aromatic nitrogens is 1. The van der Waals surface area contributed by atoms with Crippen LogP contribution in [-0.2, 0) is 13.1 Å². The maximum atomic E-state index is 13.3. The molecule has 2 bridgehead atoms. The van der Waals surface area contributed by atoms with Gasteiger partial charge in [-0.3, -0.25) is 14.5 Å². The highest BCUT2D eigenvalue weighted by Crippen LogP contribution is 2.37. The van der Waals surface area contributed by atoms with Crippen LogP contribution in [0.3, 0.4) is 0 Å². The zero-order chi connectivity index (χ0) is 24.1. The smallest absolute Gasteiger partial charge is 0.250 e. The largest absolute Gasteiger partial charge is 0.507 e. The summed E-state index contributed by atoms with van der Waals surface area (Å²) in [6, 6.07) is 16.0. The summed E-state index contributed by atoms with van der Waals surface area (Å²) in [5.74, 6) is 1.46. The molecule has 178 valence electrons. The fraction of sp³-hybridized carbons (Fsp3) is 0.286. The van der Waals surface area contributed by atoms with Gasteiger partial charge in [-0.15, -0.1) is 0 Å². The van der Waals surface area contributed by atoms with E-state index >= 15 is 0 Å². The number of piperidine rings is 1. The maximum Gasteiger partial charge on any atom is 0.250 e. The number of rotatable bonds is 4. The lowest BCUT2D eigenvalue weighted by Gasteiger charge is -2.42. The molecule has 2 aromatic heterocycles. The quantitative estimate of drug-likeness (QED) is 0.486. The number of methoxy groups -OCH3 is 1. The Labute approximate surface area is 201 Å². The number of phenols is 1. The summed E-state index contributed by atoms with van der Waals surface area (Å²) >= 11 is 0. The molecule has 1 saturated heterocycles. The van der Waals surface area contributed by atoms with Crippen molar-refractivity contribution in [2.45, 2.75) is 25.4 Å². The molecule has 4 heterocycles. The van der Waals surface area contributed by atoms with Gasteiger partial charge in [0.1, 0.15) is 23.3 Å². The second-order valence-corrected chi connectivity index (χ2v) is 9.54. The van der Waals surface area contributed by atoms with Crippen molar-refractivity contribution in [3.8, 4) is 22.6 Å². The molecule has 2 aromatic carbocycles. The molecule has 1 N–H and O–H groups in total. The van der Waals surface area contributed by atoms with Crippen LogP contribution < -0.4 is 15.7 Å². The van der Waals surface area contributed by atoms with Gasteiger partial charge in [-0.1, -0.05) is 18.2 Å². The van der Waals surface area contributed by atoms with Gasteiger partial charge in [0.2, 0.25) is 5.43 Å². The molecule has 0 aliphatic carbocycles. The van der Waals surface area contributed by atoms with Crippen molar-refractivity contribution in [3.05, 3.63) is 92.7 Å². The van der Waals surface area contributed by atoms with Crippen LogP contribution in [0.5, 0.6) is 11.5 Å². The molecule has 35 heavy (non-hydrogen) atoms. The third kappa shape index (κ3) is 3.72. The molecular formula is C28H26N2O5. The SMILES string of the molecule is COc1ccc(-c2coc3c(CN4C[C@H]5C[C@H](C4)c4cccc(=O)n4C5)c(O)ccc3c2=O)cc1. The van der Waals surface area contributed by atoms with Gasteiger partial charge < -0.3 is 18.8 Å². The van der Waals surface area contributed by atoms with Crippen LogP contribution in [0.1, 0.15) is 23.6 Å². The van der Waals surface area contributed by atoms with Crippen molar-refractivity contribution in [2.75, 3.05) is 20.2 Å². The van der Waals surface area contributed by atoms with E-state index in [1.54, 1.807) is 37.4 Å². The fourth-order valence-corrected chi connectivity index (χ4v) is 5.72. The maximum absolute atomic E-state index is 13.3. The minimum absolute atomic E-state index is 0.0618. The predicted octanol–water partition coefficient (Wildman–Crippen LogP) is 3.96. The Morgan fingerprint density at radius 3 is 2.66 bits per heavy atom. The van der Waals surface area contributed by atoms with E-state index < -0.39 is 0 Å². The third-order valence-corrected chi connectivity index (χ3v) is 7.36.